The molecule has 0 saturated carbocycles. The van der Waals surface area contributed by atoms with E-state index in [4.69, 9.17) is 9.47 Å². The van der Waals surface area contributed by atoms with Crippen molar-refractivity contribution >= 4 is 23.0 Å². The highest BCUT2D eigenvalue weighted by atomic mass is 16.5. The van der Waals surface area contributed by atoms with Gasteiger partial charge in [-0.2, -0.15) is 0 Å². The molecule has 2 fully saturated rings. The van der Waals surface area contributed by atoms with Gasteiger partial charge in [0.1, 0.15) is 6.33 Å². The number of aliphatic hydroxyl groups excluding tert-OH is 1. The van der Waals surface area contributed by atoms with Crippen LogP contribution in [0.3, 0.4) is 0 Å². The van der Waals surface area contributed by atoms with Gasteiger partial charge in [0.25, 0.3) is 0 Å². The fraction of sp³-hybridized carbons (Fsp3) is 0.684. The zero-order valence-electron chi connectivity index (χ0n) is 16.5. The van der Waals surface area contributed by atoms with Gasteiger partial charge >= 0.3 is 5.97 Å². The minimum Gasteiger partial charge on any atom is -0.467 e. The van der Waals surface area contributed by atoms with E-state index in [1.807, 2.05) is 9.47 Å². The Labute approximate surface area is 168 Å². The molecule has 4 rings (SSSR count). The van der Waals surface area contributed by atoms with Crippen molar-refractivity contribution in [3.63, 3.8) is 0 Å². The SMILES string of the molecule is COC(=O)C1(O)CCN(c2ncnc3c2ncn3CC(CO)C2CCOC2)CC1. The van der Waals surface area contributed by atoms with Gasteiger partial charge in [-0.1, -0.05) is 0 Å². The summed E-state index contributed by atoms with van der Waals surface area (Å²) in [5.41, 5.74) is -0.0643. The molecule has 2 N–H and O–H groups in total. The number of imidazole rings is 1. The van der Waals surface area contributed by atoms with Crippen LogP contribution in [0.2, 0.25) is 0 Å². The Bertz CT molecular complexity index is 858. The molecule has 0 spiro atoms. The van der Waals surface area contributed by atoms with Crippen molar-refractivity contribution in [1.82, 2.24) is 19.5 Å². The van der Waals surface area contributed by atoms with Crippen molar-refractivity contribution in [3.8, 4) is 0 Å². The van der Waals surface area contributed by atoms with Gasteiger partial charge in [0.05, 0.1) is 13.4 Å². The smallest absolute Gasteiger partial charge is 0.337 e. The van der Waals surface area contributed by atoms with E-state index in [0.717, 1.165) is 13.0 Å². The van der Waals surface area contributed by atoms with Crippen LogP contribution in [0, 0.1) is 11.8 Å². The Kier molecular flexibility index (Phi) is 5.66. The molecule has 2 aromatic rings. The zero-order valence-corrected chi connectivity index (χ0v) is 16.5. The number of piperidine rings is 1. The molecule has 2 aromatic heterocycles. The lowest BCUT2D eigenvalue weighted by molar-refractivity contribution is -0.164. The third-order valence-electron chi connectivity index (χ3n) is 6.13. The number of hydrogen-bond donors (Lipinski definition) is 2. The van der Waals surface area contributed by atoms with Crippen LogP contribution in [0.15, 0.2) is 12.7 Å². The zero-order chi connectivity index (χ0) is 20.4. The molecule has 2 unspecified atom stereocenters. The first-order chi connectivity index (χ1) is 14.1. The summed E-state index contributed by atoms with van der Waals surface area (Å²) in [7, 11) is 1.28. The van der Waals surface area contributed by atoms with Crippen molar-refractivity contribution in [3.05, 3.63) is 12.7 Å². The van der Waals surface area contributed by atoms with Crippen LogP contribution >= 0.6 is 0 Å². The molecule has 158 valence electrons. The Morgan fingerprint density at radius 3 is 2.83 bits per heavy atom. The molecule has 10 nitrogen and oxygen atoms in total. The minimum absolute atomic E-state index is 0.0818. The van der Waals surface area contributed by atoms with Crippen molar-refractivity contribution in [2.75, 3.05) is 44.9 Å². The number of fused-ring (bicyclic) bond motifs is 1. The number of esters is 1. The first-order valence-electron chi connectivity index (χ1n) is 9.96. The number of carbonyl (C=O) groups is 1. The van der Waals surface area contributed by atoms with Crippen LogP contribution in [0.5, 0.6) is 0 Å². The average molecular weight is 405 g/mol. The summed E-state index contributed by atoms with van der Waals surface area (Å²) in [5, 5.41) is 20.3. The normalized spacial score (nSPS) is 22.7. The van der Waals surface area contributed by atoms with E-state index < -0.39 is 11.6 Å². The highest BCUT2D eigenvalue weighted by molar-refractivity contribution is 5.84. The Balaban J connectivity index is 1.53. The summed E-state index contributed by atoms with van der Waals surface area (Å²) >= 11 is 0. The van der Waals surface area contributed by atoms with Gasteiger partial charge in [0, 0.05) is 58.2 Å². The van der Waals surface area contributed by atoms with Crippen LogP contribution < -0.4 is 4.90 Å². The molecule has 2 saturated heterocycles. The van der Waals surface area contributed by atoms with Gasteiger partial charge < -0.3 is 29.2 Å². The number of hydrogen-bond acceptors (Lipinski definition) is 9. The van der Waals surface area contributed by atoms with E-state index in [0.29, 0.717) is 49.1 Å². The van der Waals surface area contributed by atoms with Crippen LogP contribution in [0.4, 0.5) is 5.82 Å². The molecule has 0 radical (unpaired) electrons. The molecule has 0 bridgehead atoms. The molecule has 0 amide bonds. The number of aliphatic hydroxyl groups is 2. The van der Waals surface area contributed by atoms with E-state index in [-0.39, 0.29) is 25.4 Å². The highest BCUT2D eigenvalue weighted by Gasteiger charge is 2.41. The molecular weight excluding hydrogens is 378 g/mol. The Hall–Kier alpha value is -2.30. The second-order valence-electron chi connectivity index (χ2n) is 7.84. The first-order valence-corrected chi connectivity index (χ1v) is 9.96. The van der Waals surface area contributed by atoms with Gasteiger partial charge in [-0.25, -0.2) is 19.7 Å². The van der Waals surface area contributed by atoms with E-state index in [2.05, 4.69) is 15.0 Å². The third-order valence-corrected chi connectivity index (χ3v) is 6.13. The summed E-state index contributed by atoms with van der Waals surface area (Å²) in [6, 6.07) is 0. The second kappa shape index (κ2) is 8.21. The van der Waals surface area contributed by atoms with Gasteiger partial charge in [-0.3, -0.25) is 0 Å². The predicted molar refractivity (Wildman–Crippen MR) is 103 cm³/mol. The van der Waals surface area contributed by atoms with Crippen molar-refractivity contribution in [2.24, 2.45) is 11.8 Å². The molecule has 0 aromatic carbocycles. The number of rotatable bonds is 6. The van der Waals surface area contributed by atoms with Crippen molar-refractivity contribution in [1.29, 1.82) is 0 Å². The van der Waals surface area contributed by atoms with Crippen LogP contribution in [-0.4, -0.2) is 81.3 Å². The molecule has 2 aliphatic heterocycles. The van der Waals surface area contributed by atoms with E-state index in [9.17, 15) is 15.0 Å². The summed E-state index contributed by atoms with van der Waals surface area (Å²) in [6.45, 7) is 3.04. The van der Waals surface area contributed by atoms with Crippen LogP contribution in [0.25, 0.3) is 11.2 Å². The largest absolute Gasteiger partial charge is 0.467 e. The quantitative estimate of drug-likeness (QED) is 0.638. The number of carbonyl (C=O) groups excluding carboxylic acids is 1. The van der Waals surface area contributed by atoms with Crippen LogP contribution in [-0.2, 0) is 20.8 Å². The number of ether oxygens (including phenoxy) is 2. The predicted octanol–water partition coefficient (Wildman–Crippen LogP) is -0.0244. The Morgan fingerprint density at radius 1 is 1.38 bits per heavy atom. The van der Waals surface area contributed by atoms with Gasteiger partial charge in [-0.05, 0) is 12.3 Å². The van der Waals surface area contributed by atoms with E-state index in [1.54, 1.807) is 6.33 Å². The molecule has 29 heavy (non-hydrogen) atoms. The number of aromatic nitrogens is 4. The standard InChI is InChI=1S/C19H27N5O5/c1-28-18(26)19(27)3-5-23(6-4-19)16-15-17(21-11-20-16)24(12-22-15)8-14(9-25)13-2-7-29-10-13/h11-14,25,27H,2-10H2,1H3. The van der Waals surface area contributed by atoms with Gasteiger partial charge in [-0.15, -0.1) is 0 Å². The molecule has 10 heteroatoms. The first kappa shape index (κ1) is 20.0. The Morgan fingerprint density at radius 2 is 2.17 bits per heavy atom. The average Bonchev–Trinajstić information content (AvgIpc) is 3.42. The summed E-state index contributed by atoms with van der Waals surface area (Å²) in [4.78, 5) is 27.2. The lowest BCUT2D eigenvalue weighted by Crippen LogP contribution is -2.50. The number of anilines is 1. The van der Waals surface area contributed by atoms with Crippen LogP contribution in [0.1, 0.15) is 19.3 Å². The number of nitrogens with zero attached hydrogens (tertiary/aromatic N) is 5. The maximum atomic E-state index is 11.8. The van der Waals surface area contributed by atoms with E-state index >= 15 is 0 Å². The van der Waals surface area contributed by atoms with E-state index in [1.165, 1.54) is 13.4 Å². The molecular formula is C19H27N5O5. The fourth-order valence-corrected chi connectivity index (χ4v) is 4.25. The molecule has 4 heterocycles. The number of methoxy groups -OCH3 is 1. The van der Waals surface area contributed by atoms with Crippen molar-refractivity contribution in [2.45, 2.75) is 31.4 Å². The fourth-order valence-electron chi connectivity index (χ4n) is 4.25. The minimum atomic E-state index is -1.45. The third kappa shape index (κ3) is 3.79. The lowest BCUT2D eigenvalue weighted by atomic mass is 9.91. The van der Waals surface area contributed by atoms with Crippen molar-refractivity contribution < 1.29 is 24.5 Å². The summed E-state index contributed by atoms with van der Waals surface area (Å²) in [6.07, 6.45) is 4.72. The maximum absolute atomic E-state index is 11.8. The topological polar surface area (TPSA) is 123 Å². The summed E-state index contributed by atoms with van der Waals surface area (Å²) < 4.78 is 12.1. The maximum Gasteiger partial charge on any atom is 0.337 e. The second-order valence-corrected chi connectivity index (χ2v) is 7.84. The molecule has 2 aliphatic rings. The highest BCUT2D eigenvalue weighted by Crippen LogP contribution is 2.30. The monoisotopic (exact) mass is 405 g/mol. The summed E-state index contributed by atoms with van der Waals surface area (Å²) in [5.74, 6) is 0.501. The lowest BCUT2D eigenvalue weighted by Gasteiger charge is -2.36. The van der Waals surface area contributed by atoms with Gasteiger partial charge in [0.15, 0.2) is 22.6 Å². The van der Waals surface area contributed by atoms with Gasteiger partial charge in [0.2, 0.25) is 0 Å². The molecule has 0 aliphatic carbocycles. The molecule has 2 atom stereocenters.